The molecular weight excluding hydrogens is 283 g/mol. The van der Waals surface area contributed by atoms with Gasteiger partial charge in [0, 0.05) is 0 Å². The Morgan fingerprint density at radius 1 is 0.882 bits per heavy atom. The van der Waals surface area contributed by atoms with Gasteiger partial charge in [0.15, 0.2) is 0 Å². The van der Waals surface area contributed by atoms with Gasteiger partial charge in [0.2, 0.25) is 0 Å². The molecule has 0 aromatic heterocycles. The molecule has 0 radical (unpaired) electrons. The van der Waals surface area contributed by atoms with Crippen molar-refractivity contribution in [1.82, 2.24) is 0 Å². The maximum absolute atomic E-state index is 2.51. The van der Waals surface area contributed by atoms with Crippen LogP contribution in [0.2, 0.25) is 9.26 Å². The molecule has 1 unspecified atom stereocenters. The molecular formula is C16H17Zr. The molecule has 0 saturated heterocycles. The van der Waals surface area contributed by atoms with Gasteiger partial charge in [-0.2, -0.15) is 0 Å². The van der Waals surface area contributed by atoms with Crippen LogP contribution in [0.25, 0.3) is 11.1 Å². The molecule has 2 aromatic carbocycles. The SMILES string of the molecule is Cc1ccc2c(c1)[CH]([Zr]([CH3])[CH3])c1ccccc1-2. The van der Waals surface area contributed by atoms with E-state index in [-0.39, 0.29) is 0 Å². The van der Waals surface area contributed by atoms with Crippen molar-refractivity contribution in [1.29, 1.82) is 0 Å². The molecule has 85 valence electrons. The summed E-state index contributed by atoms with van der Waals surface area (Å²) in [5.41, 5.74) is 7.55. The first kappa shape index (κ1) is 11.4. The second-order valence-corrected chi connectivity index (χ2v) is 11.9. The van der Waals surface area contributed by atoms with Crippen LogP contribution in [0.5, 0.6) is 0 Å². The van der Waals surface area contributed by atoms with Crippen LogP contribution >= 0.6 is 0 Å². The third-order valence-electron chi connectivity index (χ3n) is 3.66. The zero-order valence-corrected chi connectivity index (χ0v) is 13.1. The first-order chi connectivity index (χ1) is 8.18. The molecule has 0 bridgehead atoms. The van der Waals surface area contributed by atoms with Crippen LogP contribution in [0.1, 0.15) is 20.3 Å². The Balaban J connectivity index is 2.29. The van der Waals surface area contributed by atoms with E-state index < -0.39 is 21.8 Å². The van der Waals surface area contributed by atoms with E-state index in [0.29, 0.717) is 0 Å². The number of fused-ring (bicyclic) bond motifs is 3. The molecule has 0 fully saturated rings. The van der Waals surface area contributed by atoms with Crippen LogP contribution < -0.4 is 0 Å². The molecule has 0 amide bonds. The molecule has 2 aromatic rings. The van der Waals surface area contributed by atoms with Crippen molar-refractivity contribution in [2.75, 3.05) is 0 Å². The van der Waals surface area contributed by atoms with Gasteiger partial charge in [0.25, 0.3) is 0 Å². The summed E-state index contributed by atoms with van der Waals surface area (Å²) >= 11 is -1.29. The van der Waals surface area contributed by atoms with Gasteiger partial charge in [0.05, 0.1) is 0 Å². The van der Waals surface area contributed by atoms with E-state index >= 15 is 0 Å². The maximum atomic E-state index is 2.51. The van der Waals surface area contributed by atoms with Gasteiger partial charge < -0.3 is 0 Å². The summed E-state index contributed by atoms with van der Waals surface area (Å²) in [7, 11) is 0. The first-order valence-corrected chi connectivity index (χ1v) is 12.5. The molecule has 0 nitrogen and oxygen atoms in total. The fraction of sp³-hybridized carbons (Fsp3) is 0.250. The zero-order chi connectivity index (χ0) is 12.0. The number of hydrogen-bond acceptors (Lipinski definition) is 0. The molecule has 0 N–H and O–H groups in total. The van der Waals surface area contributed by atoms with Crippen LogP contribution in [-0.4, -0.2) is 0 Å². The fourth-order valence-electron chi connectivity index (χ4n) is 2.95. The van der Waals surface area contributed by atoms with Gasteiger partial charge in [-0.1, -0.05) is 0 Å². The number of benzene rings is 2. The molecule has 0 aliphatic heterocycles. The molecule has 1 aliphatic rings. The van der Waals surface area contributed by atoms with Crippen molar-refractivity contribution in [3.63, 3.8) is 0 Å². The molecule has 1 aliphatic carbocycles. The van der Waals surface area contributed by atoms with Gasteiger partial charge in [-0.25, -0.2) is 0 Å². The Bertz CT molecular complexity index is 569. The first-order valence-electron chi connectivity index (χ1n) is 6.18. The third kappa shape index (κ3) is 1.76. The van der Waals surface area contributed by atoms with E-state index in [1.807, 2.05) is 0 Å². The van der Waals surface area contributed by atoms with Gasteiger partial charge in [-0.15, -0.1) is 0 Å². The van der Waals surface area contributed by atoms with Crippen LogP contribution in [0, 0.1) is 6.92 Å². The van der Waals surface area contributed by atoms with E-state index in [1.54, 1.807) is 11.1 Å². The van der Waals surface area contributed by atoms with E-state index in [2.05, 4.69) is 58.7 Å². The van der Waals surface area contributed by atoms with Gasteiger partial charge in [-0.3, -0.25) is 0 Å². The van der Waals surface area contributed by atoms with Gasteiger partial charge in [0.1, 0.15) is 0 Å². The van der Waals surface area contributed by atoms with Crippen molar-refractivity contribution >= 4 is 0 Å². The number of aryl methyl sites for hydroxylation is 1. The zero-order valence-electron chi connectivity index (χ0n) is 10.6. The second kappa shape index (κ2) is 4.21. The van der Waals surface area contributed by atoms with Gasteiger partial charge >= 0.3 is 112 Å². The average Bonchev–Trinajstić information content (AvgIpc) is 2.62. The molecule has 1 atom stereocenters. The number of rotatable bonds is 1. The van der Waals surface area contributed by atoms with Gasteiger partial charge in [-0.05, 0) is 0 Å². The van der Waals surface area contributed by atoms with E-state index in [1.165, 1.54) is 16.7 Å². The summed E-state index contributed by atoms with van der Waals surface area (Å²) < 4.78 is 5.80. The van der Waals surface area contributed by atoms with Crippen molar-refractivity contribution in [3.05, 3.63) is 59.2 Å². The normalized spacial score (nSPS) is 16.5. The van der Waals surface area contributed by atoms with Crippen LogP contribution in [0.15, 0.2) is 42.5 Å². The third-order valence-corrected chi connectivity index (χ3v) is 8.02. The summed E-state index contributed by atoms with van der Waals surface area (Å²) in [5, 5.41) is 0. The number of hydrogen-bond donors (Lipinski definition) is 0. The van der Waals surface area contributed by atoms with Crippen LogP contribution in [-0.2, 0) is 21.8 Å². The van der Waals surface area contributed by atoms with E-state index in [9.17, 15) is 0 Å². The summed E-state index contributed by atoms with van der Waals surface area (Å²) in [6.07, 6.45) is 0. The molecule has 0 spiro atoms. The van der Waals surface area contributed by atoms with Crippen LogP contribution in [0.3, 0.4) is 0 Å². The standard InChI is InChI=1S/C14H11.2CH3.Zr/c1-10-6-7-14-12(8-10)9-11-4-2-3-5-13(11)14;;;/h2-9H,1H3;2*1H3;. The van der Waals surface area contributed by atoms with E-state index in [4.69, 9.17) is 0 Å². The molecule has 0 heterocycles. The van der Waals surface area contributed by atoms with Crippen molar-refractivity contribution in [2.24, 2.45) is 0 Å². The molecule has 1 heteroatoms. The fourth-order valence-corrected chi connectivity index (χ4v) is 7.21. The second-order valence-electron chi connectivity index (χ2n) is 5.19. The molecule has 0 saturated carbocycles. The Labute approximate surface area is 111 Å². The Morgan fingerprint density at radius 2 is 1.59 bits per heavy atom. The predicted octanol–water partition coefficient (Wildman–Crippen LogP) is 4.78. The Hall–Kier alpha value is -0.677. The minimum absolute atomic E-state index is 0.767. The Kier molecular flexibility index (Phi) is 2.83. The topological polar surface area (TPSA) is 0 Å². The summed E-state index contributed by atoms with van der Waals surface area (Å²) in [4.78, 5) is 0. The predicted molar refractivity (Wildman–Crippen MR) is 70.2 cm³/mol. The van der Waals surface area contributed by atoms with Crippen molar-refractivity contribution < 1.29 is 21.8 Å². The summed E-state index contributed by atoms with van der Waals surface area (Å²) in [6.45, 7) is 2.20. The van der Waals surface area contributed by atoms with Crippen molar-refractivity contribution in [3.8, 4) is 11.1 Å². The summed E-state index contributed by atoms with van der Waals surface area (Å²) in [5.74, 6) is 0. The molecule has 3 rings (SSSR count). The van der Waals surface area contributed by atoms with Crippen LogP contribution in [0.4, 0.5) is 0 Å². The summed E-state index contributed by atoms with van der Waals surface area (Å²) in [6, 6.07) is 15.9. The minimum atomic E-state index is -1.29. The Morgan fingerprint density at radius 3 is 2.35 bits per heavy atom. The van der Waals surface area contributed by atoms with Crippen molar-refractivity contribution in [2.45, 2.75) is 19.8 Å². The average molecular weight is 301 g/mol. The quantitative estimate of drug-likeness (QED) is 0.711. The monoisotopic (exact) mass is 299 g/mol. The molecule has 17 heavy (non-hydrogen) atoms. The van der Waals surface area contributed by atoms with E-state index in [0.717, 1.165) is 3.63 Å².